The van der Waals surface area contributed by atoms with Crippen LogP contribution in [0.3, 0.4) is 0 Å². The maximum absolute atomic E-state index is 11.2. The molecule has 0 radical (unpaired) electrons. The molecule has 0 aliphatic carbocycles. The summed E-state index contributed by atoms with van der Waals surface area (Å²) in [6, 6.07) is 11.6. The molecule has 0 saturated carbocycles. The summed E-state index contributed by atoms with van der Waals surface area (Å²) in [7, 11) is 3.15. The van der Waals surface area contributed by atoms with Gasteiger partial charge in [0.2, 0.25) is 5.75 Å². The Hall–Kier alpha value is -3.06. The molecular formula is C22H23NO5S. The van der Waals surface area contributed by atoms with Crippen LogP contribution in [-0.2, 0) is 4.79 Å². The van der Waals surface area contributed by atoms with Crippen molar-refractivity contribution >= 4 is 39.2 Å². The number of ether oxygens (including phenoxy) is 3. The summed E-state index contributed by atoms with van der Waals surface area (Å²) in [6.45, 7) is 2.38. The Bertz CT molecular complexity index is 983. The topological polar surface area (TPSA) is 77.9 Å². The Morgan fingerprint density at radius 3 is 2.41 bits per heavy atom. The molecule has 3 aromatic rings. The van der Waals surface area contributed by atoms with E-state index in [1.807, 2.05) is 49.4 Å². The minimum absolute atomic E-state index is 0.0209. The van der Waals surface area contributed by atoms with Crippen LogP contribution < -0.4 is 14.2 Å². The molecular weight excluding hydrogens is 390 g/mol. The van der Waals surface area contributed by atoms with E-state index in [-0.39, 0.29) is 6.42 Å². The Morgan fingerprint density at radius 2 is 1.83 bits per heavy atom. The van der Waals surface area contributed by atoms with E-state index < -0.39 is 5.97 Å². The molecule has 0 saturated heterocycles. The van der Waals surface area contributed by atoms with Crippen molar-refractivity contribution < 1.29 is 24.1 Å². The van der Waals surface area contributed by atoms with Crippen molar-refractivity contribution in [2.75, 3.05) is 20.8 Å². The summed E-state index contributed by atoms with van der Waals surface area (Å²) in [5.74, 6) is 0.805. The number of aliphatic carboxylic acids is 1. The zero-order valence-corrected chi connectivity index (χ0v) is 17.4. The molecule has 6 nitrogen and oxygen atoms in total. The van der Waals surface area contributed by atoms with Crippen LogP contribution in [0.15, 0.2) is 36.4 Å². The fourth-order valence-corrected chi connectivity index (χ4v) is 3.97. The molecule has 0 fully saturated rings. The van der Waals surface area contributed by atoms with Crippen LogP contribution in [0.5, 0.6) is 17.2 Å². The smallest absolute Gasteiger partial charge is 0.303 e. The third-order valence-corrected chi connectivity index (χ3v) is 5.40. The third kappa shape index (κ3) is 4.86. The number of allylic oxidation sites excluding steroid dienone is 1. The minimum Gasteiger partial charge on any atom is -0.493 e. The molecule has 2 aromatic carbocycles. The van der Waals surface area contributed by atoms with Gasteiger partial charge in [-0.2, -0.15) is 0 Å². The van der Waals surface area contributed by atoms with Crippen molar-refractivity contribution in [2.45, 2.75) is 19.8 Å². The maximum atomic E-state index is 11.2. The van der Waals surface area contributed by atoms with Crippen LogP contribution in [0.25, 0.3) is 21.9 Å². The van der Waals surface area contributed by atoms with Gasteiger partial charge in [-0.1, -0.05) is 12.1 Å². The summed E-state index contributed by atoms with van der Waals surface area (Å²) in [4.78, 5) is 15.9. The summed E-state index contributed by atoms with van der Waals surface area (Å²) in [5, 5.41) is 9.98. The van der Waals surface area contributed by atoms with Gasteiger partial charge in [0.15, 0.2) is 11.5 Å². The predicted octanol–water partition coefficient (Wildman–Crippen LogP) is 5.12. The summed E-state index contributed by atoms with van der Waals surface area (Å²) < 4.78 is 17.7. The number of benzene rings is 2. The van der Waals surface area contributed by atoms with Crippen LogP contribution in [0.4, 0.5) is 0 Å². The molecule has 0 unspecified atom stereocenters. The second-order valence-corrected chi connectivity index (χ2v) is 7.27. The first kappa shape index (κ1) is 20.7. The van der Waals surface area contributed by atoms with Crippen LogP contribution in [0.1, 0.15) is 30.3 Å². The first-order chi connectivity index (χ1) is 14.0. The van der Waals surface area contributed by atoms with Gasteiger partial charge in [-0.25, -0.2) is 4.98 Å². The number of hydrogen-bond donors (Lipinski definition) is 1. The lowest BCUT2D eigenvalue weighted by Gasteiger charge is -2.14. The van der Waals surface area contributed by atoms with Crippen molar-refractivity contribution in [1.82, 2.24) is 4.98 Å². The number of methoxy groups -OCH3 is 2. The quantitative estimate of drug-likeness (QED) is 0.525. The number of para-hydroxylation sites is 1. The van der Waals surface area contributed by atoms with E-state index in [9.17, 15) is 9.90 Å². The van der Waals surface area contributed by atoms with Crippen LogP contribution in [-0.4, -0.2) is 36.9 Å². The minimum atomic E-state index is -0.848. The van der Waals surface area contributed by atoms with E-state index in [2.05, 4.69) is 4.98 Å². The number of aromatic nitrogens is 1. The fourth-order valence-electron chi connectivity index (χ4n) is 2.96. The van der Waals surface area contributed by atoms with E-state index in [0.29, 0.717) is 30.3 Å². The number of carbonyl (C=O) groups is 1. The van der Waals surface area contributed by atoms with Gasteiger partial charge in [0.1, 0.15) is 5.01 Å². The molecule has 3 rings (SSSR count). The molecule has 29 heavy (non-hydrogen) atoms. The van der Waals surface area contributed by atoms with Crippen molar-refractivity contribution in [3.05, 3.63) is 47.0 Å². The maximum Gasteiger partial charge on any atom is 0.303 e. The van der Waals surface area contributed by atoms with Crippen molar-refractivity contribution in [1.29, 1.82) is 0 Å². The van der Waals surface area contributed by atoms with E-state index in [1.54, 1.807) is 25.6 Å². The van der Waals surface area contributed by atoms with Gasteiger partial charge in [-0.05, 0) is 54.8 Å². The second kappa shape index (κ2) is 9.43. The van der Waals surface area contributed by atoms with E-state index in [1.165, 1.54) is 0 Å². The molecule has 7 heteroatoms. The zero-order chi connectivity index (χ0) is 20.8. The zero-order valence-electron chi connectivity index (χ0n) is 16.6. The third-order valence-electron chi connectivity index (χ3n) is 4.29. The van der Waals surface area contributed by atoms with Crippen molar-refractivity contribution in [2.24, 2.45) is 0 Å². The van der Waals surface area contributed by atoms with E-state index in [0.717, 1.165) is 26.4 Å². The molecule has 0 bridgehead atoms. The highest BCUT2D eigenvalue weighted by Gasteiger charge is 2.15. The fraction of sp³-hybridized carbons (Fsp3) is 0.273. The van der Waals surface area contributed by atoms with Gasteiger partial charge >= 0.3 is 5.97 Å². The lowest BCUT2D eigenvalue weighted by molar-refractivity contribution is -0.136. The molecule has 1 N–H and O–H groups in total. The number of nitrogens with zero attached hydrogens (tertiary/aromatic N) is 1. The lowest BCUT2D eigenvalue weighted by atomic mass is 10.1. The summed E-state index contributed by atoms with van der Waals surface area (Å²) in [6.07, 6.45) is 2.32. The highest BCUT2D eigenvalue weighted by Crippen LogP contribution is 2.40. The normalized spacial score (nSPS) is 11.5. The molecule has 1 aromatic heterocycles. The van der Waals surface area contributed by atoms with Crippen LogP contribution >= 0.6 is 11.3 Å². The van der Waals surface area contributed by atoms with Crippen molar-refractivity contribution in [3.8, 4) is 17.2 Å². The number of carboxylic acid groups (broad SMARTS) is 1. The Morgan fingerprint density at radius 1 is 1.14 bits per heavy atom. The Balaban J connectivity index is 2.08. The number of rotatable bonds is 9. The van der Waals surface area contributed by atoms with Gasteiger partial charge in [0.25, 0.3) is 0 Å². The Kier molecular flexibility index (Phi) is 6.72. The van der Waals surface area contributed by atoms with Gasteiger partial charge in [-0.3, -0.25) is 4.79 Å². The van der Waals surface area contributed by atoms with Gasteiger partial charge in [0, 0.05) is 6.42 Å². The number of fused-ring (bicyclic) bond motifs is 1. The van der Waals surface area contributed by atoms with Gasteiger partial charge in [0.05, 0.1) is 31.0 Å². The molecule has 0 amide bonds. The first-order valence-corrected chi connectivity index (χ1v) is 10.0. The SMILES string of the molecule is CCOc1c(OC)cc(/C=C(/CCC(=O)O)c2nc3ccccc3s2)cc1OC. The van der Waals surface area contributed by atoms with Crippen LogP contribution in [0, 0.1) is 0 Å². The molecule has 1 heterocycles. The predicted molar refractivity (Wildman–Crippen MR) is 115 cm³/mol. The Labute approximate surface area is 173 Å². The number of thiazole rings is 1. The molecule has 0 aliphatic rings. The monoisotopic (exact) mass is 413 g/mol. The number of carboxylic acids is 1. The van der Waals surface area contributed by atoms with E-state index in [4.69, 9.17) is 14.2 Å². The number of hydrogen-bond acceptors (Lipinski definition) is 6. The van der Waals surface area contributed by atoms with Gasteiger partial charge < -0.3 is 19.3 Å². The van der Waals surface area contributed by atoms with Crippen LogP contribution in [0.2, 0.25) is 0 Å². The lowest BCUT2D eigenvalue weighted by Crippen LogP contribution is -1.99. The molecule has 0 spiro atoms. The second-order valence-electron chi connectivity index (χ2n) is 6.24. The average molecular weight is 413 g/mol. The van der Waals surface area contributed by atoms with Crippen molar-refractivity contribution in [3.63, 3.8) is 0 Å². The highest BCUT2D eigenvalue weighted by molar-refractivity contribution is 7.19. The summed E-state index contributed by atoms with van der Waals surface area (Å²) in [5.41, 5.74) is 2.57. The van der Waals surface area contributed by atoms with Gasteiger partial charge in [-0.15, -0.1) is 11.3 Å². The summed E-state index contributed by atoms with van der Waals surface area (Å²) >= 11 is 1.55. The molecule has 0 aliphatic heterocycles. The molecule has 0 atom stereocenters. The average Bonchev–Trinajstić information content (AvgIpc) is 3.15. The van der Waals surface area contributed by atoms with E-state index >= 15 is 0 Å². The molecule has 152 valence electrons. The highest BCUT2D eigenvalue weighted by atomic mass is 32.1. The largest absolute Gasteiger partial charge is 0.493 e. The standard InChI is InChI=1S/C22H23NO5S/c1-4-28-21-17(26-2)12-14(13-18(21)27-3)11-15(9-10-20(24)25)22-23-16-7-5-6-8-19(16)29-22/h5-8,11-13H,4,9-10H2,1-3H3,(H,24,25)/b15-11-. The first-order valence-electron chi connectivity index (χ1n) is 9.22.